The molecule has 0 unspecified atom stereocenters. The molecule has 0 spiro atoms. The van der Waals surface area contributed by atoms with Crippen molar-refractivity contribution in [2.75, 3.05) is 7.11 Å². The zero-order valence-electron chi connectivity index (χ0n) is 13.6. The Morgan fingerprint density at radius 1 is 0.950 bits per heavy atom. The molecule has 20 heavy (non-hydrogen) atoms. The van der Waals surface area contributed by atoms with E-state index in [-0.39, 0.29) is 5.97 Å². The first-order valence-corrected chi connectivity index (χ1v) is 8.17. The van der Waals surface area contributed by atoms with Crippen molar-refractivity contribution in [2.24, 2.45) is 0 Å². The Kier molecular flexibility index (Phi) is 13.6. The van der Waals surface area contributed by atoms with E-state index in [1.165, 1.54) is 58.5 Å². The summed E-state index contributed by atoms with van der Waals surface area (Å²) in [5.41, 5.74) is 0.676. The maximum Gasteiger partial charge on any atom is 0.337 e. The summed E-state index contributed by atoms with van der Waals surface area (Å²) in [6.07, 6.45) is 18.6. The minimum atomic E-state index is -0.237. The van der Waals surface area contributed by atoms with Crippen molar-refractivity contribution in [3.8, 4) is 0 Å². The Morgan fingerprint density at radius 3 is 2.00 bits per heavy atom. The van der Waals surface area contributed by atoms with Crippen molar-refractivity contribution in [1.82, 2.24) is 0 Å². The van der Waals surface area contributed by atoms with E-state index in [1.54, 1.807) is 0 Å². The normalized spacial score (nSPS) is 12.1. The van der Waals surface area contributed by atoms with E-state index in [4.69, 9.17) is 4.74 Å². The highest BCUT2D eigenvalue weighted by Crippen LogP contribution is 2.11. The third-order valence-electron chi connectivity index (χ3n) is 3.44. The van der Waals surface area contributed by atoms with E-state index >= 15 is 0 Å². The zero-order chi connectivity index (χ0) is 15.1. The average Bonchev–Trinajstić information content (AvgIpc) is 2.47. The van der Waals surface area contributed by atoms with Crippen molar-refractivity contribution in [3.05, 3.63) is 23.8 Å². The molecule has 0 aliphatic heterocycles. The van der Waals surface area contributed by atoms with Gasteiger partial charge in [-0.2, -0.15) is 0 Å². The molecule has 0 saturated heterocycles. The molecule has 0 bridgehead atoms. The Hall–Kier alpha value is -1.05. The lowest BCUT2D eigenvalue weighted by Crippen LogP contribution is -2.02. The van der Waals surface area contributed by atoms with Crippen LogP contribution in [0, 0.1) is 0 Å². The number of ether oxygens (including phenoxy) is 1. The van der Waals surface area contributed by atoms with E-state index in [0.717, 1.165) is 12.8 Å². The molecule has 0 aliphatic carbocycles. The molecular weight excluding hydrogens is 248 g/mol. The number of hydrogen-bond acceptors (Lipinski definition) is 2. The van der Waals surface area contributed by atoms with Gasteiger partial charge >= 0.3 is 5.97 Å². The zero-order valence-corrected chi connectivity index (χ0v) is 13.6. The summed E-state index contributed by atoms with van der Waals surface area (Å²) < 4.78 is 4.75. The van der Waals surface area contributed by atoms with Gasteiger partial charge < -0.3 is 4.74 Å². The molecule has 0 heterocycles. The van der Waals surface area contributed by atoms with Crippen molar-refractivity contribution >= 4 is 5.97 Å². The minimum absolute atomic E-state index is 0.237. The second kappa shape index (κ2) is 14.4. The standard InChI is InChI=1S/C18H32O2/c1-4-6-7-8-9-10-11-12-13-14-16-17(15-5-2)18(19)20-3/h5,15-16H,4,6-14H2,1-3H3/b15-5-,17-16+. The van der Waals surface area contributed by atoms with Gasteiger partial charge in [0.15, 0.2) is 0 Å². The smallest absolute Gasteiger partial charge is 0.337 e. The van der Waals surface area contributed by atoms with Crippen molar-refractivity contribution in [3.63, 3.8) is 0 Å². The second-order valence-electron chi connectivity index (χ2n) is 5.27. The van der Waals surface area contributed by atoms with Crippen molar-refractivity contribution < 1.29 is 9.53 Å². The third kappa shape index (κ3) is 10.8. The molecule has 0 radical (unpaired) electrons. The fourth-order valence-electron chi connectivity index (χ4n) is 2.23. The number of methoxy groups -OCH3 is 1. The predicted octanol–water partition coefficient (Wildman–Crippen LogP) is 5.58. The van der Waals surface area contributed by atoms with Gasteiger partial charge in [-0.1, -0.05) is 76.5 Å². The molecule has 0 atom stereocenters. The lowest BCUT2D eigenvalue weighted by molar-refractivity contribution is -0.135. The molecular formula is C18H32O2. The first-order valence-electron chi connectivity index (χ1n) is 8.17. The molecule has 2 nitrogen and oxygen atoms in total. The summed E-state index contributed by atoms with van der Waals surface area (Å²) in [6.45, 7) is 4.17. The summed E-state index contributed by atoms with van der Waals surface area (Å²) in [6, 6.07) is 0. The predicted molar refractivity (Wildman–Crippen MR) is 86.8 cm³/mol. The van der Waals surface area contributed by atoms with Gasteiger partial charge in [0.25, 0.3) is 0 Å². The molecule has 0 saturated carbocycles. The summed E-state index contributed by atoms with van der Waals surface area (Å²) in [4.78, 5) is 11.5. The van der Waals surface area contributed by atoms with Crippen LogP contribution < -0.4 is 0 Å². The highest BCUT2D eigenvalue weighted by Gasteiger charge is 2.04. The van der Waals surface area contributed by atoms with Gasteiger partial charge in [-0.05, 0) is 19.8 Å². The van der Waals surface area contributed by atoms with Gasteiger partial charge in [0.1, 0.15) is 0 Å². The second-order valence-corrected chi connectivity index (χ2v) is 5.27. The number of allylic oxidation sites excluding steroid dienone is 2. The SMILES string of the molecule is C/C=C\C(=C/CCCCCCCCCCC)C(=O)OC. The number of hydrogen-bond donors (Lipinski definition) is 0. The van der Waals surface area contributed by atoms with Gasteiger partial charge in [0.2, 0.25) is 0 Å². The van der Waals surface area contributed by atoms with Crippen molar-refractivity contribution in [2.45, 2.75) is 78.1 Å². The Morgan fingerprint density at radius 2 is 1.50 bits per heavy atom. The van der Waals surface area contributed by atoms with E-state index in [0.29, 0.717) is 5.57 Å². The first-order chi connectivity index (χ1) is 9.76. The number of carbonyl (C=O) groups excluding carboxylic acids is 1. The molecule has 0 amide bonds. The van der Waals surface area contributed by atoms with Gasteiger partial charge in [-0.25, -0.2) is 4.79 Å². The molecule has 0 aliphatic rings. The van der Waals surface area contributed by atoms with Crippen LogP contribution in [0.1, 0.15) is 78.1 Å². The first kappa shape index (κ1) is 18.9. The van der Waals surface area contributed by atoms with Gasteiger partial charge in [0.05, 0.1) is 12.7 Å². The van der Waals surface area contributed by atoms with Gasteiger partial charge in [0, 0.05) is 0 Å². The van der Waals surface area contributed by atoms with E-state index in [2.05, 4.69) is 6.92 Å². The molecule has 0 aromatic rings. The molecule has 2 heteroatoms. The maximum atomic E-state index is 11.5. The van der Waals surface area contributed by atoms with Crippen LogP contribution in [0.3, 0.4) is 0 Å². The summed E-state index contributed by atoms with van der Waals surface area (Å²) in [7, 11) is 1.43. The monoisotopic (exact) mass is 280 g/mol. The Balaban J connectivity index is 3.60. The van der Waals surface area contributed by atoms with Crippen LogP contribution in [0.4, 0.5) is 0 Å². The summed E-state index contributed by atoms with van der Waals surface area (Å²) in [5.74, 6) is -0.237. The molecule has 116 valence electrons. The topological polar surface area (TPSA) is 26.3 Å². The molecule has 0 aromatic heterocycles. The third-order valence-corrected chi connectivity index (χ3v) is 3.44. The Bertz CT molecular complexity index is 290. The van der Waals surface area contributed by atoms with Crippen LogP contribution in [-0.4, -0.2) is 13.1 Å². The molecule has 0 rings (SSSR count). The van der Waals surface area contributed by atoms with Crippen LogP contribution in [-0.2, 0) is 9.53 Å². The lowest BCUT2D eigenvalue weighted by atomic mass is 10.1. The van der Waals surface area contributed by atoms with Crippen LogP contribution in [0.15, 0.2) is 23.8 Å². The molecule has 0 N–H and O–H groups in total. The van der Waals surface area contributed by atoms with Gasteiger partial charge in [-0.15, -0.1) is 0 Å². The number of esters is 1. The van der Waals surface area contributed by atoms with Gasteiger partial charge in [-0.3, -0.25) is 0 Å². The fraction of sp³-hybridized carbons (Fsp3) is 0.722. The van der Waals surface area contributed by atoms with Crippen LogP contribution >= 0.6 is 0 Å². The maximum absolute atomic E-state index is 11.5. The lowest BCUT2D eigenvalue weighted by Gasteiger charge is -2.02. The average molecular weight is 280 g/mol. The molecule has 0 fully saturated rings. The largest absolute Gasteiger partial charge is 0.465 e. The molecule has 0 aromatic carbocycles. The minimum Gasteiger partial charge on any atom is -0.465 e. The summed E-state index contributed by atoms with van der Waals surface area (Å²) in [5, 5.41) is 0. The Labute approximate surface area is 125 Å². The number of unbranched alkanes of at least 4 members (excludes halogenated alkanes) is 9. The van der Waals surface area contributed by atoms with Crippen LogP contribution in [0.5, 0.6) is 0 Å². The van der Waals surface area contributed by atoms with Crippen LogP contribution in [0.2, 0.25) is 0 Å². The highest BCUT2D eigenvalue weighted by molar-refractivity contribution is 5.91. The highest BCUT2D eigenvalue weighted by atomic mass is 16.5. The van der Waals surface area contributed by atoms with E-state index < -0.39 is 0 Å². The van der Waals surface area contributed by atoms with E-state index in [1.807, 2.05) is 25.2 Å². The quantitative estimate of drug-likeness (QED) is 0.202. The fourth-order valence-corrected chi connectivity index (χ4v) is 2.23. The summed E-state index contributed by atoms with van der Waals surface area (Å²) >= 11 is 0. The number of carbonyl (C=O) groups is 1. The van der Waals surface area contributed by atoms with Crippen molar-refractivity contribution in [1.29, 1.82) is 0 Å². The van der Waals surface area contributed by atoms with E-state index in [9.17, 15) is 4.79 Å². The van der Waals surface area contributed by atoms with Crippen LogP contribution in [0.25, 0.3) is 0 Å². The number of rotatable bonds is 12.